The summed E-state index contributed by atoms with van der Waals surface area (Å²) < 4.78 is 32.0. The summed E-state index contributed by atoms with van der Waals surface area (Å²) in [5.41, 5.74) is 1.43. The fraction of sp³-hybridized carbons (Fsp3) is 0.278. The summed E-state index contributed by atoms with van der Waals surface area (Å²) in [6.07, 6.45) is 0.601. The maximum Gasteiger partial charge on any atom is 0.321 e. The van der Waals surface area contributed by atoms with Crippen LogP contribution in [0.3, 0.4) is 0 Å². The van der Waals surface area contributed by atoms with E-state index in [4.69, 9.17) is 0 Å². The number of sulfonamides is 1. The molecule has 6 heteroatoms. The maximum atomic E-state index is 13.1. The number of methoxy groups -OCH3 is 1. The average molecular weight is 347 g/mol. The van der Waals surface area contributed by atoms with Gasteiger partial charge in [-0.2, -0.15) is 4.31 Å². The molecule has 0 spiro atoms. The van der Waals surface area contributed by atoms with Gasteiger partial charge >= 0.3 is 5.97 Å². The van der Waals surface area contributed by atoms with Crippen molar-refractivity contribution in [3.8, 4) is 11.1 Å². The minimum absolute atomic E-state index is 0.188. The highest BCUT2D eigenvalue weighted by Gasteiger charge is 2.28. The minimum Gasteiger partial charge on any atom is -0.468 e. The molecule has 5 nitrogen and oxygen atoms in total. The minimum atomic E-state index is -3.81. The highest BCUT2D eigenvalue weighted by Crippen LogP contribution is 2.29. The topological polar surface area (TPSA) is 63.7 Å². The SMILES string of the molecule is CCCN(CC(=O)OC)S(=O)(=O)c1ccccc1-c1ccccc1. The lowest BCUT2D eigenvalue weighted by atomic mass is 10.1. The number of benzene rings is 2. The average Bonchev–Trinajstić information content (AvgIpc) is 2.62. The van der Waals surface area contributed by atoms with Gasteiger partial charge in [0.2, 0.25) is 10.0 Å². The lowest BCUT2D eigenvalue weighted by Crippen LogP contribution is -2.37. The molecule has 0 atom stereocenters. The molecule has 0 saturated heterocycles. The largest absolute Gasteiger partial charge is 0.468 e. The molecular formula is C18H21NO4S. The van der Waals surface area contributed by atoms with Gasteiger partial charge in [-0.25, -0.2) is 8.42 Å². The second-order valence-electron chi connectivity index (χ2n) is 5.28. The van der Waals surface area contributed by atoms with Crippen molar-refractivity contribution in [3.63, 3.8) is 0 Å². The molecule has 24 heavy (non-hydrogen) atoms. The predicted octanol–water partition coefficient (Wildman–Crippen LogP) is 2.93. The van der Waals surface area contributed by atoms with E-state index in [2.05, 4.69) is 4.74 Å². The molecule has 0 fully saturated rings. The van der Waals surface area contributed by atoms with Crippen LogP contribution in [0.1, 0.15) is 13.3 Å². The summed E-state index contributed by atoms with van der Waals surface area (Å²) in [6, 6.07) is 16.1. The van der Waals surface area contributed by atoms with E-state index >= 15 is 0 Å². The number of rotatable bonds is 7. The Bertz CT molecular complexity index is 788. The van der Waals surface area contributed by atoms with Crippen molar-refractivity contribution in [1.82, 2.24) is 4.31 Å². The van der Waals surface area contributed by atoms with Crippen LogP contribution in [0.2, 0.25) is 0 Å². The molecule has 0 aliphatic carbocycles. The Morgan fingerprint density at radius 2 is 1.67 bits per heavy atom. The molecule has 2 rings (SSSR count). The Morgan fingerprint density at radius 3 is 2.29 bits per heavy atom. The first-order valence-corrected chi connectivity index (χ1v) is 9.16. The van der Waals surface area contributed by atoms with Gasteiger partial charge in [0.25, 0.3) is 0 Å². The summed E-state index contributed by atoms with van der Waals surface area (Å²) in [5, 5.41) is 0. The predicted molar refractivity (Wildman–Crippen MR) is 92.9 cm³/mol. The zero-order chi connectivity index (χ0) is 17.6. The third kappa shape index (κ3) is 4.01. The molecule has 0 N–H and O–H groups in total. The molecule has 0 amide bonds. The van der Waals surface area contributed by atoms with Gasteiger partial charge in [-0.15, -0.1) is 0 Å². The van der Waals surface area contributed by atoms with Gasteiger partial charge in [-0.05, 0) is 18.1 Å². The standard InChI is InChI=1S/C18H21NO4S/c1-3-13-19(14-18(20)23-2)24(21,22)17-12-8-7-11-16(17)15-9-5-4-6-10-15/h4-12H,3,13-14H2,1-2H3. The van der Waals surface area contributed by atoms with Crippen molar-refractivity contribution < 1.29 is 17.9 Å². The highest BCUT2D eigenvalue weighted by molar-refractivity contribution is 7.89. The van der Waals surface area contributed by atoms with Gasteiger partial charge < -0.3 is 4.74 Å². The van der Waals surface area contributed by atoms with E-state index in [1.54, 1.807) is 24.3 Å². The third-order valence-electron chi connectivity index (χ3n) is 3.60. The molecule has 0 aliphatic rings. The number of hydrogen-bond donors (Lipinski definition) is 0. The summed E-state index contributed by atoms with van der Waals surface area (Å²) in [7, 11) is -2.57. The summed E-state index contributed by atoms with van der Waals surface area (Å²) in [5.74, 6) is -0.579. The van der Waals surface area contributed by atoms with Crippen molar-refractivity contribution in [3.05, 3.63) is 54.6 Å². The van der Waals surface area contributed by atoms with Crippen LogP contribution in [-0.2, 0) is 19.6 Å². The van der Waals surface area contributed by atoms with Crippen molar-refractivity contribution in [2.45, 2.75) is 18.2 Å². The summed E-state index contributed by atoms with van der Waals surface area (Å²) in [4.78, 5) is 11.8. The van der Waals surface area contributed by atoms with Crippen LogP contribution in [0.15, 0.2) is 59.5 Å². The van der Waals surface area contributed by atoms with Gasteiger partial charge in [0.15, 0.2) is 0 Å². The molecule has 0 heterocycles. The van der Waals surface area contributed by atoms with Gasteiger partial charge in [0, 0.05) is 12.1 Å². The van der Waals surface area contributed by atoms with Crippen LogP contribution >= 0.6 is 0 Å². The Labute approximate surface area is 142 Å². The summed E-state index contributed by atoms with van der Waals surface area (Å²) in [6.45, 7) is 1.82. The lowest BCUT2D eigenvalue weighted by molar-refractivity contribution is -0.140. The first-order chi connectivity index (χ1) is 11.5. The number of ether oxygens (including phenoxy) is 1. The molecule has 0 unspecified atom stereocenters. The quantitative estimate of drug-likeness (QED) is 0.723. The summed E-state index contributed by atoms with van der Waals surface area (Å²) >= 11 is 0. The van der Waals surface area contributed by atoms with E-state index < -0.39 is 16.0 Å². The molecular weight excluding hydrogens is 326 g/mol. The molecule has 0 aliphatic heterocycles. The first-order valence-electron chi connectivity index (χ1n) is 7.72. The van der Waals surface area contributed by atoms with E-state index in [0.29, 0.717) is 12.0 Å². The van der Waals surface area contributed by atoms with E-state index in [1.807, 2.05) is 37.3 Å². The Hall–Kier alpha value is -2.18. The lowest BCUT2D eigenvalue weighted by Gasteiger charge is -2.22. The number of hydrogen-bond acceptors (Lipinski definition) is 4. The van der Waals surface area contributed by atoms with E-state index in [9.17, 15) is 13.2 Å². The molecule has 0 radical (unpaired) electrons. The van der Waals surface area contributed by atoms with Gasteiger partial charge in [-0.1, -0.05) is 55.5 Å². The molecule has 0 saturated carbocycles. The zero-order valence-electron chi connectivity index (χ0n) is 13.8. The second-order valence-corrected chi connectivity index (χ2v) is 7.18. The fourth-order valence-corrected chi connectivity index (χ4v) is 4.12. The molecule has 128 valence electrons. The molecule has 0 aromatic heterocycles. The monoisotopic (exact) mass is 347 g/mol. The molecule has 0 bridgehead atoms. The maximum absolute atomic E-state index is 13.1. The van der Waals surface area contributed by atoms with Crippen molar-refractivity contribution in [2.75, 3.05) is 20.2 Å². The van der Waals surface area contributed by atoms with Gasteiger partial charge in [0.1, 0.15) is 6.54 Å². The van der Waals surface area contributed by atoms with E-state index in [0.717, 1.165) is 5.56 Å². The van der Waals surface area contributed by atoms with Gasteiger partial charge in [-0.3, -0.25) is 4.79 Å². The van der Waals surface area contributed by atoms with Crippen LogP contribution < -0.4 is 0 Å². The number of carbonyl (C=O) groups is 1. The van der Waals surface area contributed by atoms with Crippen molar-refractivity contribution in [2.24, 2.45) is 0 Å². The Kier molecular flexibility index (Phi) is 6.11. The smallest absolute Gasteiger partial charge is 0.321 e. The number of nitrogens with zero attached hydrogens (tertiary/aromatic N) is 1. The normalized spacial score (nSPS) is 11.5. The van der Waals surface area contributed by atoms with Crippen LogP contribution in [-0.4, -0.2) is 38.9 Å². The third-order valence-corrected chi connectivity index (χ3v) is 5.50. The number of carbonyl (C=O) groups excluding carboxylic acids is 1. The zero-order valence-corrected chi connectivity index (χ0v) is 14.6. The van der Waals surface area contributed by atoms with E-state index in [1.165, 1.54) is 11.4 Å². The highest BCUT2D eigenvalue weighted by atomic mass is 32.2. The van der Waals surface area contributed by atoms with Gasteiger partial charge in [0.05, 0.1) is 12.0 Å². The second kappa shape index (κ2) is 8.08. The van der Waals surface area contributed by atoms with Crippen LogP contribution in [0.5, 0.6) is 0 Å². The number of esters is 1. The van der Waals surface area contributed by atoms with Crippen molar-refractivity contribution in [1.29, 1.82) is 0 Å². The first kappa shape index (κ1) is 18.2. The Balaban J connectivity index is 2.50. The fourth-order valence-electron chi connectivity index (χ4n) is 2.43. The van der Waals surface area contributed by atoms with Crippen LogP contribution in [0.4, 0.5) is 0 Å². The van der Waals surface area contributed by atoms with E-state index in [-0.39, 0.29) is 18.0 Å². The molecule has 2 aromatic carbocycles. The van der Waals surface area contributed by atoms with Crippen molar-refractivity contribution >= 4 is 16.0 Å². The Morgan fingerprint density at radius 1 is 1.04 bits per heavy atom. The molecule has 2 aromatic rings. The van der Waals surface area contributed by atoms with Crippen LogP contribution in [0.25, 0.3) is 11.1 Å². The van der Waals surface area contributed by atoms with Crippen LogP contribution in [0, 0.1) is 0 Å².